The van der Waals surface area contributed by atoms with E-state index in [1.807, 2.05) is 25.6 Å². The van der Waals surface area contributed by atoms with Crippen molar-refractivity contribution in [2.45, 2.75) is 63.5 Å². The van der Waals surface area contributed by atoms with Gasteiger partial charge < -0.3 is 16.3 Å². The summed E-state index contributed by atoms with van der Waals surface area (Å²) in [6.45, 7) is 4.45. The van der Waals surface area contributed by atoms with Gasteiger partial charge in [0, 0.05) is 11.3 Å². The Bertz CT molecular complexity index is 375. The molecule has 1 saturated carbocycles. The molecule has 1 aliphatic rings. The maximum Gasteiger partial charge on any atom is 0.233 e. The molecule has 0 radical (unpaired) electrons. The smallest absolute Gasteiger partial charge is 0.233 e. The molecular weight excluding hydrogens is 286 g/mol. The van der Waals surface area contributed by atoms with E-state index < -0.39 is 5.41 Å². The lowest BCUT2D eigenvalue weighted by molar-refractivity contribution is -0.128. The zero-order valence-electron chi connectivity index (χ0n) is 13.4. The fourth-order valence-corrected chi connectivity index (χ4v) is 4.12. The Kier molecular flexibility index (Phi) is 6.84. The van der Waals surface area contributed by atoms with E-state index >= 15 is 0 Å². The molecule has 0 aliphatic heterocycles. The largest absolute Gasteiger partial charge is 0.409 e. The predicted molar refractivity (Wildman–Crippen MR) is 88.8 cm³/mol. The molecule has 0 bridgehead atoms. The van der Waals surface area contributed by atoms with Crippen molar-refractivity contribution in [2.24, 2.45) is 16.3 Å². The van der Waals surface area contributed by atoms with Gasteiger partial charge in [-0.15, -0.1) is 0 Å². The molecular formula is C15H29N3O2S. The molecule has 0 aromatic rings. The third kappa shape index (κ3) is 3.84. The normalized spacial score (nSPS) is 19.3. The van der Waals surface area contributed by atoms with Crippen LogP contribution in [0.15, 0.2) is 5.16 Å². The lowest BCUT2D eigenvalue weighted by atomic mass is 9.79. The summed E-state index contributed by atoms with van der Waals surface area (Å²) in [5.41, 5.74) is 4.88. The predicted octanol–water partition coefficient (Wildman–Crippen LogP) is 2.72. The van der Waals surface area contributed by atoms with Gasteiger partial charge in [-0.05, 0) is 31.9 Å². The van der Waals surface area contributed by atoms with Gasteiger partial charge >= 0.3 is 0 Å². The fourth-order valence-electron chi connectivity index (χ4n) is 3.21. The van der Waals surface area contributed by atoms with Gasteiger partial charge in [0.15, 0.2) is 5.84 Å². The van der Waals surface area contributed by atoms with Crippen molar-refractivity contribution in [2.75, 3.05) is 12.8 Å². The topological polar surface area (TPSA) is 87.7 Å². The van der Waals surface area contributed by atoms with Gasteiger partial charge in [-0.3, -0.25) is 4.79 Å². The highest BCUT2D eigenvalue weighted by molar-refractivity contribution is 8.00. The number of carbonyl (C=O) groups is 1. The van der Waals surface area contributed by atoms with Crippen LogP contribution in [-0.2, 0) is 4.79 Å². The van der Waals surface area contributed by atoms with Crippen molar-refractivity contribution >= 4 is 23.5 Å². The minimum Gasteiger partial charge on any atom is -0.409 e. The Balaban J connectivity index is 2.78. The molecule has 0 unspecified atom stereocenters. The van der Waals surface area contributed by atoms with Crippen LogP contribution in [0, 0.1) is 5.41 Å². The average molecular weight is 315 g/mol. The van der Waals surface area contributed by atoms with Crippen LogP contribution in [-0.4, -0.2) is 34.5 Å². The number of hydrogen-bond acceptors (Lipinski definition) is 4. The number of hydrogen-bond donors (Lipinski definition) is 3. The van der Waals surface area contributed by atoms with Gasteiger partial charge in [-0.1, -0.05) is 38.3 Å². The number of rotatable bonds is 7. The standard InChI is InChI=1S/C15H29N3O2S/c1-4-15(5-2,12(16)18-20)13(19)17-11-14(21-3)9-7-6-8-10-14/h20H,4-11H2,1-3H3,(H2,16,18)(H,17,19). The molecule has 0 spiro atoms. The Labute approximate surface area is 132 Å². The first kappa shape index (κ1) is 18.1. The summed E-state index contributed by atoms with van der Waals surface area (Å²) in [7, 11) is 0. The summed E-state index contributed by atoms with van der Waals surface area (Å²) in [6.07, 6.45) is 9.19. The van der Waals surface area contributed by atoms with E-state index in [2.05, 4.69) is 16.7 Å². The molecule has 0 aromatic carbocycles. The molecule has 6 heteroatoms. The number of nitrogens with one attached hydrogen (secondary N) is 1. The van der Waals surface area contributed by atoms with Gasteiger partial charge in [0.2, 0.25) is 5.91 Å². The summed E-state index contributed by atoms with van der Waals surface area (Å²) >= 11 is 1.85. The molecule has 1 fully saturated rings. The Morgan fingerprint density at radius 3 is 2.33 bits per heavy atom. The highest BCUT2D eigenvalue weighted by Gasteiger charge is 2.41. The fraction of sp³-hybridized carbons (Fsp3) is 0.867. The number of nitrogens with zero attached hydrogens (tertiary/aromatic N) is 1. The second kappa shape index (κ2) is 7.92. The summed E-state index contributed by atoms with van der Waals surface area (Å²) in [4.78, 5) is 12.6. The van der Waals surface area contributed by atoms with E-state index in [-0.39, 0.29) is 16.5 Å². The van der Waals surface area contributed by atoms with Crippen molar-refractivity contribution in [3.63, 3.8) is 0 Å². The number of amides is 1. The third-order valence-electron chi connectivity index (χ3n) is 5.01. The van der Waals surface area contributed by atoms with E-state index in [0.29, 0.717) is 19.4 Å². The summed E-state index contributed by atoms with van der Waals surface area (Å²) in [5, 5.41) is 15.1. The van der Waals surface area contributed by atoms with Crippen molar-refractivity contribution in [1.29, 1.82) is 0 Å². The first-order chi connectivity index (χ1) is 10.00. The molecule has 1 amide bonds. The van der Waals surface area contributed by atoms with Crippen LogP contribution < -0.4 is 11.1 Å². The number of thioether (sulfide) groups is 1. The van der Waals surface area contributed by atoms with Crippen molar-refractivity contribution in [3.8, 4) is 0 Å². The second-order valence-electron chi connectivity index (χ2n) is 5.90. The summed E-state index contributed by atoms with van der Waals surface area (Å²) < 4.78 is 0.145. The Hall–Kier alpha value is -0.910. The number of nitrogens with two attached hydrogens (primary N) is 1. The van der Waals surface area contributed by atoms with E-state index in [1.165, 1.54) is 19.3 Å². The third-order valence-corrected chi connectivity index (χ3v) is 6.43. The van der Waals surface area contributed by atoms with Gasteiger partial charge in [0.1, 0.15) is 5.41 Å². The van der Waals surface area contributed by atoms with Crippen LogP contribution in [0.25, 0.3) is 0 Å². The molecule has 122 valence electrons. The maximum absolute atomic E-state index is 12.6. The van der Waals surface area contributed by atoms with Crippen LogP contribution in [0.1, 0.15) is 58.8 Å². The molecule has 0 atom stereocenters. The van der Waals surface area contributed by atoms with Crippen molar-refractivity contribution < 1.29 is 10.0 Å². The van der Waals surface area contributed by atoms with Crippen molar-refractivity contribution in [1.82, 2.24) is 5.32 Å². The second-order valence-corrected chi connectivity index (χ2v) is 7.18. The zero-order valence-corrected chi connectivity index (χ0v) is 14.3. The molecule has 0 heterocycles. The average Bonchev–Trinajstić information content (AvgIpc) is 2.55. The van der Waals surface area contributed by atoms with E-state index in [0.717, 1.165) is 12.8 Å². The Morgan fingerprint density at radius 1 is 1.33 bits per heavy atom. The van der Waals surface area contributed by atoms with Crippen LogP contribution in [0.2, 0.25) is 0 Å². The molecule has 4 N–H and O–H groups in total. The highest BCUT2D eigenvalue weighted by Crippen LogP contribution is 2.38. The first-order valence-electron chi connectivity index (χ1n) is 7.81. The number of amidine groups is 1. The van der Waals surface area contributed by atoms with Gasteiger partial charge in [0.25, 0.3) is 0 Å². The Morgan fingerprint density at radius 2 is 1.90 bits per heavy atom. The van der Waals surface area contributed by atoms with Crippen molar-refractivity contribution in [3.05, 3.63) is 0 Å². The highest BCUT2D eigenvalue weighted by atomic mass is 32.2. The van der Waals surface area contributed by atoms with Crippen LogP contribution in [0.5, 0.6) is 0 Å². The maximum atomic E-state index is 12.6. The first-order valence-corrected chi connectivity index (χ1v) is 9.04. The number of carbonyl (C=O) groups excluding carboxylic acids is 1. The van der Waals surface area contributed by atoms with E-state index in [4.69, 9.17) is 10.9 Å². The molecule has 1 rings (SSSR count). The van der Waals surface area contributed by atoms with Crippen LogP contribution in [0.4, 0.5) is 0 Å². The molecule has 1 aliphatic carbocycles. The lowest BCUT2D eigenvalue weighted by Crippen LogP contribution is -2.52. The molecule has 5 nitrogen and oxygen atoms in total. The number of oxime groups is 1. The van der Waals surface area contributed by atoms with Crippen LogP contribution >= 0.6 is 11.8 Å². The quantitative estimate of drug-likeness (QED) is 0.292. The lowest BCUT2D eigenvalue weighted by Gasteiger charge is -2.37. The molecule has 21 heavy (non-hydrogen) atoms. The van der Waals surface area contributed by atoms with E-state index in [1.54, 1.807) is 0 Å². The van der Waals surface area contributed by atoms with Crippen LogP contribution in [0.3, 0.4) is 0 Å². The van der Waals surface area contributed by atoms with Gasteiger partial charge in [-0.25, -0.2) is 0 Å². The van der Waals surface area contributed by atoms with Gasteiger partial charge in [0.05, 0.1) is 0 Å². The molecule has 0 aromatic heterocycles. The summed E-state index contributed by atoms with van der Waals surface area (Å²) in [6, 6.07) is 0. The SMILES string of the molecule is CCC(CC)(C(=O)NCC1(SC)CCCCC1)C(N)=NO. The minimum absolute atomic E-state index is 0.00634. The molecule has 0 saturated heterocycles. The van der Waals surface area contributed by atoms with E-state index in [9.17, 15) is 4.79 Å². The zero-order chi connectivity index (χ0) is 15.9. The summed E-state index contributed by atoms with van der Waals surface area (Å²) in [5.74, 6) is -0.117. The van der Waals surface area contributed by atoms with Gasteiger partial charge in [-0.2, -0.15) is 11.8 Å². The minimum atomic E-state index is -0.900. The monoisotopic (exact) mass is 315 g/mol.